The first-order valence-electron chi connectivity index (χ1n) is 4.11. The zero-order chi connectivity index (χ0) is 10.0. The summed E-state index contributed by atoms with van der Waals surface area (Å²) in [6, 6.07) is 5.09. The quantitative estimate of drug-likeness (QED) is 0.516. The maximum absolute atomic E-state index is 10.6. The van der Waals surface area contributed by atoms with Gasteiger partial charge in [-0.1, -0.05) is 19.1 Å². The first-order chi connectivity index (χ1) is 6.04. The minimum Gasteiger partial charge on any atom is -0.258 e. The van der Waals surface area contributed by atoms with Gasteiger partial charge in [-0.05, 0) is 25.3 Å². The molecule has 0 spiro atoms. The molecule has 0 saturated carbocycles. The summed E-state index contributed by atoms with van der Waals surface area (Å²) in [6.45, 7) is 7.53. The molecule has 13 heavy (non-hydrogen) atoms. The Morgan fingerprint density at radius 1 is 1.54 bits per heavy atom. The first kappa shape index (κ1) is 9.71. The monoisotopic (exact) mass is 178 g/mol. The Morgan fingerprint density at radius 2 is 2.15 bits per heavy atom. The van der Waals surface area contributed by atoms with E-state index < -0.39 is 0 Å². The first-order valence-corrected chi connectivity index (χ1v) is 4.11. The molecule has 0 fully saturated rings. The molecule has 0 aliphatic rings. The van der Waals surface area contributed by atoms with Crippen molar-refractivity contribution in [3.8, 4) is 0 Å². The van der Waals surface area contributed by atoms with Gasteiger partial charge in [0.1, 0.15) is 0 Å². The third kappa shape index (κ3) is 1.86. The van der Waals surface area contributed by atoms with E-state index in [0.29, 0.717) is 0 Å². The Bertz CT molecular complexity index is 332. The van der Waals surface area contributed by atoms with E-state index in [0.717, 1.165) is 11.1 Å². The normalized spacial score (nSPS) is 10.5. The number of rotatable bonds is 2. The molecule has 1 aromatic rings. The van der Waals surface area contributed by atoms with Crippen molar-refractivity contribution in [1.29, 1.82) is 0 Å². The second kappa shape index (κ2) is 3.56. The van der Waals surface area contributed by atoms with Gasteiger partial charge < -0.3 is 0 Å². The Morgan fingerprint density at radius 3 is 2.62 bits per heavy atom. The van der Waals surface area contributed by atoms with Crippen molar-refractivity contribution in [2.45, 2.75) is 19.8 Å². The van der Waals surface area contributed by atoms with E-state index in [-0.39, 0.29) is 16.5 Å². The van der Waals surface area contributed by atoms with Gasteiger partial charge in [-0.2, -0.15) is 0 Å². The van der Waals surface area contributed by atoms with E-state index in [1.807, 2.05) is 13.0 Å². The van der Waals surface area contributed by atoms with Crippen molar-refractivity contribution in [2.24, 2.45) is 0 Å². The second-order valence-corrected chi connectivity index (χ2v) is 3.15. The SMILES string of the molecule is [CH2]C(C)c1cccc([N+](=O)[O-])c1C. The predicted molar refractivity (Wildman–Crippen MR) is 51.6 cm³/mol. The molecular formula is C10H12NO2. The summed E-state index contributed by atoms with van der Waals surface area (Å²) >= 11 is 0. The lowest BCUT2D eigenvalue weighted by Gasteiger charge is -2.08. The van der Waals surface area contributed by atoms with Crippen LogP contribution in [0, 0.1) is 24.0 Å². The summed E-state index contributed by atoms with van der Waals surface area (Å²) in [6.07, 6.45) is 0. The van der Waals surface area contributed by atoms with Crippen molar-refractivity contribution < 1.29 is 4.92 Å². The minimum atomic E-state index is -0.360. The molecule has 3 heteroatoms. The van der Waals surface area contributed by atoms with E-state index in [1.54, 1.807) is 13.0 Å². The molecule has 1 rings (SSSR count). The minimum absolute atomic E-state index is 0.0832. The van der Waals surface area contributed by atoms with Crippen LogP contribution in [0.3, 0.4) is 0 Å². The van der Waals surface area contributed by atoms with Gasteiger partial charge in [-0.15, -0.1) is 0 Å². The molecule has 0 aliphatic heterocycles. The highest BCUT2D eigenvalue weighted by atomic mass is 16.6. The van der Waals surface area contributed by atoms with Gasteiger partial charge in [0, 0.05) is 11.6 Å². The molecule has 3 nitrogen and oxygen atoms in total. The standard InChI is InChI=1S/C10H12NO2/c1-7(2)9-5-4-6-10(8(9)3)11(12)13/h4-7H,1H2,2-3H3. The smallest absolute Gasteiger partial charge is 0.258 e. The predicted octanol–water partition coefficient (Wildman–Crippen LogP) is 2.84. The van der Waals surface area contributed by atoms with Crippen molar-refractivity contribution >= 4 is 5.69 Å². The highest BCUT2D eigenvalue weighted by Gasteiger charge is 2.14. The molecule has 0 bridgehead atoms. The number of benzene rings is 1. The van der Waals surface area contributed by atoms with Crippen LogP contribution >= 0.6 is 0 Å². The molecule has 0 aromatic heterocycles. The topological polar surface area (TPSA) is 43.1 Å². The van der Waals surface area contributed by atoms with Crippen molar-refractivity contribution in [1.82, 2.24) is 0 Å². The van der Waals surface area contributed by atoms with Gasteiger partial charge in [-0.25, -0.2) is 0 Å². The second-order valence-electron chi connectivity index (χ2n) is 3.15. The average Bonchev–Trinajstić information content (AvgIpc) is 2.03. The number of nitro groups is 1. The van der Waals surface area contributed by atoms with Crippen LogP contribution in [0.1, 0.15) is 24.0 Å². The molecule has 1 aromatic carbocycles. The summed E-state index contributed by atoms with van der Waals surface area (Å²) in [5.74, 6) is 0.0832. The zero-order valence-electron chi connectivity index (χ0n) is 7.78. The molecule has 1 atom stereocenters. The molecule has 0 aliphatic carbocycles. The molecule has 0 heterocycles. The van der Waals surface area contributed by atoms with E-state index >= 15 is 0 Å². The van der Waals surface area contributed by atoms with Gasteiger partial charge in [0.25, 0.3) is 5.69 Å². The van der Waals surface area contributed by atoms with Gasteiger partial charge in [0.15, 0.2) is 0 Å². The Balaban J connectivity index is 3.26. The summed E-state index contributed by atoms with van der Waals surface area (Å²) in [5.41, 5.74) is 1.83. The highest BCUT2D eigenvalue weighted by molar-refractivity contribution is 5.45. The molecule has 0 N–H and O–H groups in total. The molecule has 1 radical (unpaired) electrons. The lowest BCUT2D eigenvalue weighted by Crippen LogP contribution is -1.97. The summed E-state index contributed by atoms with van der Waals surface area (Å²) < 4.78 is 0. The molecule has 0 saturated heterocycles. The maximum atomic E-state index is 10.6. The van der Waals surface area contributed by atoms with Crippen LogP contribution in [-0.4, -0.2) is 4.92 Å². The molecule has 1 unspecified atom stereocenters. The van der Waals surface area contributed by atoms with Crippen LogP contribution < -0.4 is 0 Å². The van der Waals surface area contributed by atoms with Crippen molar-refractivity contribution in [2.75, 3.05) is 0 Å². The summed E-state index contributed by atoms with van der Waals surface area (Å²) in [5, 5.41) is 10.6. The van der Waals surface area contributed by atoms with Crippen LogP contribution in [0.15, 0.2) is 18.2 Å². The van der Waals surface area contributed by atoms with Crippen LogP contribution in [0.5, 0.6) is 0 Å². The van der Waals surface area contributed by atoms with Gasteiger partial charge in [-0.3, -0.25) is 10.1 Å². The van der Waals surface area contributed by atoms with E-state index in [2.05, 4.69) is 6.92 Å². The van der Waals surface area contributed by atoms with E-state index in [4.69, 9.17) is 0 Å². The summed E-state index contributed by atoms with van der Waals surface area (Å²) in [7, 11) is 0. The fourth-order valence-corrected chi connectivity index (χ4v) is 1.37. The number of hydrogen-bond donors (Lipinski definition) is 0. The van der Waals surface area contributed by atoms with Crippen LogP contribution in [-0.2, 0) is 0 Å². The summed E-state index contributed by atoms with van der Waals surface area (Å²) in [4.78, 5) is 10.2. The highest BCUT2D eigenvalue weighted by Crippen LogP contribution is 2.26. The number of nitrogens with zero attached hydrogens (tertiary/aromatic N) is 1. The third-order valence-electron chi connectivity index (χ3n) is 2.07. The average molecular weight is 178 g/mol. The van der Waals surface area contributed by atoms with Crippen LogP contribution in [0.4, 0.5) is 5.69 Å². The fourth-order valence-electron chi connectivity index (χ4n) is 1.37. The molecule has 0 amide bonds. The fraction of sp³-hybridized carbons (Fsp3) is 0.300. The van der Waals surface area contributed by atoms with E-state index in [9.17, 15) is 10.1 Å². The Labute approximate surface area is 77.5 Å². The molecular weight excluding hydrogens is 166 g/mol. The number of hydrogen-bond acceptors (Lipinski definition) is 2. The third-order valence-corrected chi connectivity index (χ3v) is 2.07. The lowest BCUT2D eigenvalue weighted by molar-refractivity contribution is -0.385. The van der Waals surface area contributed by atoms with Crippen molar-refractivity contribution in [3.05, 3.63) is 46.4 Å². The maximum Gasteiger partial charge on any atom is 0.272 e. The van der Waals surface area contributed by atoms with E-state index in [1.165, 1.54) is 6.07 Å². The van der Waals surface area contributed by atoms with Crippen LogP contribution in [0.2, 0.25) is 0 Å². The van der Waals surface area contributed by atoms with Gasteiger partial charge in [0.2, 0.25) is 0 Å². The largest absolute Gasteiger partial charge is 0.272 e. The van der Waals surface area contributed by atoms with Crippen LogP contribution in [0.25, 0.3) is 0 Å². The number of nitro benzene ring substituents is 1. The van der Waals surface area contributed by atoms with Gasteiger partial charge >= 0.3 is 0 Å². The Hall–Kier alpha value is -1.38. The van der Waals surface area contributed by atoms with Crippen molar-refractivity contribution in [3.63, 3.8) is 0 Å². The Kier molecular flexibility index (Phi) is 2.66. The zero-order valence-corrected chi connectivity index (χ0v) is 7.78. The molecule has 69 valence electrons. The lowest BCUT2D eigenvalue weighted by atomic mass is 9.97. The van der Waals surface area contributed by atoms with Gasteiger partial charge in [0.05, 0.1) is 4.92 Å².